The van der Waals surface area contributed by atoms with E-state index in [1.54, 1.807) is 57.0 Å². The number of aliphatic hydroxyl groups excluding tert-OH is 2. The molecule has 2 aromatic carbocycles. The zero-order chi connectivity index (χ0) is 28.2. The highest BCUT2D eigenvalue weighted by Gasteiger charge is 2.36. The number of anilines is 2. The number of fused-ring (bicyclic) bond motifs is 2. The van der Waals surface area contributed by atoms with E-state index in [0.29, 0.717) is 41.0 Å². The molecule has 0 bridgehead atoms. The summed E-state index contributed by atoms with van der Waals surface area (Å²) in [5.74, 6) is -1.17. The second-order valence-corrected chi connectivity index (χ2v) is 11.2. The van der Waals surface area contributed by atoms with E-state index < -0.39 is 29.8 Å². The molecule has 2 aliphatic rings. The summed E-state index contributed by atoms with van der Waals surface area (Å²) in [6, 6.07) is 6.46. The van der Waals surface area contributed by atoms with E-state index in [9.17, 15) is 23.8 Å². The predicted molar refractivity (Wildman–Crippen MR) is 144 cm³/mol. The molecule has 0 unspecified atom stereocenters. The largest absolute Gasteiger partial charge is 0.503 e. The van der Waals surface area contributed by atoms with Crippen LogP contribution in [0.2, 0.25) is 5.02 Å². The SMILES string of the molecule is Cn1cc(-c2cc3c(cc2C(F)F)N(c2cc(Cl)cc4c2CN(C(=O)OC(C)(C)C)C(O)=C4O)CCC3)cn1. The van der Waals surface area contributed by atoms with Gasteiger partial charge in [0.05, 0.1) is 12.7 Å². The van der Waals surface area contributed by atoms with Crippen molar-refractivity contribution in [3.8, 4) is 11.1 Å². The van der Waals surface area contributed by atoms with E-state index in [-0.39, 0.29) is 22.7 Å². The number of hydrogen-bond acceptors (Lipinski definition) is 6. The highest BCUT2D eigenvalue weighted by Crippen LogP contribution is 2.45. The summed E-state index contributed by atoms with van der Waals surface area (Å²) in [5, 5.41) is 25.9. The van der Waals surface area contributed by atoms with Crippen LogP contribution in [0.3, 0.4) is 0 Å². The third-order valence-electron chi connectivity index (χ3n) is 6.76. The van der Waals surface area contributed by atoms with Crippen molar-refractivity contribution in [3.63, 3.8) is 0 Å². The summed E-state index contributed by atoms with van der Waals surface area (Å²) in [7, 11) is 1.73. The van der Waals surface area contributed by atoms with Crippen LogP contribution in [0.5, 0.6) is 0 Å². The summed E-state index contributed by atoms with van der Waals surface area (Å²) >= 11 is 6.44. The lowest BCUT2D eigenvalue weighted by molar-refractivity contribution is 0.0198. The molecule has 11 heteroatoms. The molecule has 39 heavy (non-hydrogen) atoms. The Morgan fingerprint density at radius 2 is 1.87 bits per heavy atom. The Bertz CT molecular complexity index is 1500. The molecule has 0 saturated carbocycles. The molecular formula is C28H29ClF2N4O4. The van der Waals surface area contributed by atoms with Gasteiger partial charge in [-0.2, -0.15) is 5.10 Å². The van der Waals surface area contributed by atoms with E-state index in [0.717, 1.165) is 16.9 Å². The Hall–Kier alpha value is -3.79. The summed E-state index contributed by atoms with van der Waals surface area (Å²) in [4.78, 5) is 15.7. The number of alkyl halides is 2. The molecule has 1 amide bonds. The van der Waals surface area contributed by atoms with Crippen molar-refractivity contribution in [2.45, 2.75) is 52.2 Å². The van der Waals surface area contributed by atoms with E-state index in [2.05, 4.69) is 5.10 Å². The first kappa shape index (κ1) is 26.8. The average molecular weight is 559 g/mol. The van der Waals surface area contributed by atoms with Crippen molar-refractivity contribution >= 4 is 34.8 Å². The Kier molecular flexibility index (Phi) is 6.70. The fourth-order valence-electron chi connectivity index (χ4n) is 5.08. The second-order valence-electron chi connectivity index (χ2n) is 10.7. The summed E-state index contributed by atoms with van der Waals surface area (Å²) in [6.45, 7) is 5.46. The smallest absolute Gasteiger partial charge is 0.417 e. The quantitative estimate of drug-likeness (QED) is 0.352. The van der Waals surface area contributed by atoms with Crippen LogP contribution in [0.15, 0.2) is 42.5 Å². The molecule has 0 spiro atoms. The van der Waals surface area contributed by atoms with Gasteiger partial charge in [0.1, 0.15) is 5.60 Å². The van der Waals surface area contributed by atoms with Crippen molar-refractivity contribution in [1.82, 2.24) is 14.7 Å². The van der Waals surface area contributed by atoms with Crippen LogP contribution >= 0.6 is 11.6 Å². The molecule has 8 nitrogen and oxygen atoms in total. The minimum absolute atomic E-state index is 0.117. The third-order valence-corrected chi connectivity index (χ3v) is 6.97. The number of hydrogen-bond donors (Lipinski definition) is 2. The molecule has 5 rings (SSSR count). The van der Waals surface area contributed by atoms with Gasteiger partial charge >= 0.3 is 6.09 Å². The number of rotatable bonds is 3. The highest BCUT2D eigenvalue weighted by molar-refractivity contribution is 6.31. The summed E-state index contributed by atoms with van der Waals surface area (Å²) in [5.41, 5.74) is 2.84. The van der Waals surface area contributed by atoms with Gasteiger partial charge in [0.15, 0.2) is 5.76 Å². The summed E-state index contributed by atoms with van der Waals surface area (Å²) in [6.07, 6.45) is 1.12. The minimum Gasteiger partial charge on any atom is -0.503 e. The molecule has 1 aromatic heterocycles. The number of halogens is 3. The van der Waals surface area contributed by atoms with Gasteiger partial charge in [-0.3, -0.25) is 4.68 Å². The van der Waals surface area contributed by atoms with Gasteiger partial charge in [-0.1, -0.05) is 11.6 Å². The van der Waals surface area contributed by atoms with Crippen LogP contribution in [0.1, 0.15) is 55.9 Å². The number of amides is 1. The monoisotopic (exact) mass is 558 g/mol. The van der Waals surface area contributed by atoms with Gasteiger partial charge in [-0.05, 0) is 69.0 Å². The molecule has 0 fully saturated rings. The first-order chi connectivity index (χ1) is 18.3. The Morgan fingerprint density at radius 1 is 1.13 bits per heavy atom. The van der Waals surface area contributed by atoms with Crippen molar-refractivity contribution in [2.75, 3.05) is 11.4 Å². The molecule has 2 aliphatic heterocycles. The summed E-state index contributed by atoms with van der Waals surface area (Å²) < 4.78 is 35.7. The molecule has 0 aliphatic carbocycles. The standard InChI is InChI=1S/C28H29ClF2N4O4/c1-28(2,3)39-27(38)35-14-21-19(24(36)26(35)37)9-17(29)10-23(21)34-7-5-6-15-8-18(16-12-32-33(4)13-16)20(25(30)31)11-22(15)34/h8-13,25,36-37H,5-7,14H2,1-4H3. The van der Waals surface area contributed by atoms with Gasteiger partial charge in [0, 0.05) is 58.4 Å². The molecule has 2 N–H and O–H groups in total. The van der Waals surface area contributed by atoms with Crippen LogP contribution in [-0.2, 0) is 24.8 Å². The fourth-order valence-corrected chi connectivity index (χ4v) is 5.29. The maximum absolute atomic E-state index is 14.3. The van der Waals surface area contributed by atoms with Crippen LogP contribution in [-0.4, -0.2) is 43.1 Å². The molecule has 0 atom stereocenters. The topological polar surface area (TPSA) is 91.1 Å². The van der Waals surface area contributed by atoms with Crippen molar-refractivity contribution in [3.05, 3.63) is 69.8 Å². The van der Waals surface area contributed by atoms with Crippen LogP contribution < -0.4 is 4.90 Å². The number of nitrogens with zero attached hydrogens (tertiary/aromatic N) is 4. The maximum Gasteiger partial charge on any atom is 0.417 e. The number of carbonyl (C=O) groups excluding carboxylic acids is 1. The molecular weight excluding hydrogens is 530 g/mol. The minimum atomic E-state index is -2.73. The number of aryl methyl sites for hydroxylation is 2. The Morgan fingerprint density at radius 3 is 2.51 bits per heavy atom. The van der Waals surface area contributed by atoms with E-state index >= 15 is 0 Å². The van der Waals surface area contributed by atoms with Gasteiger partial charge in [-0.25, -0.2) is 18.5 Å². The van der Waals surface area contributed by atoms with Gasteiger partial charge < -0.3 is 19.8 Å². The van der Waals surface area contributed by atoms with E-state index in [1.165, 1.54) is 12.1 Å². The third kappa shape index (κ3) is 5.01. The van der Waals surface area contributed by atoms with Crippen LogP contribution in [0, 0.1) is 0 Å². The Labute approximate surface area is 229 Å². The number of carbonyl (C=O) groups is 1. The first-order valence-corrected chi connectivity index (χ1v) is 12.9. The van der Waals surface area contributed by atoms with E-state index in [4.69, 9.17) is 16.3 Å². The number of benzene rings is 2. The van der Waals surface area contributed by atoms with Gasteiger partial charge in [0.25, 0.3) is 6.43 Å². The van der Waals surface area contributed by atoms with Crippen molar-refractivity contribution in [1.29, 1.82) is 0 Å². The highest BCUT2D eigenvalue weighted by atomic mass is 35.5. The number of ether oxygens (including phenoxy) is 1. The average Bonchev–Trinajstić information content (AvgIpc) is 3.29. The maximum atomic E-state index is 14.3. The van der Waals surface area contributed by atoms with Gasteiger partial charge in [-0.15, -0.1) is 0 Å². The number of aromatic nitrogens is 2. The Balaban J connectivity index is 1.64. The van der Waals surface area contributed by atoms with Crippen LogP contribution in [0.4, 0.5) is 25.0 Å². The molecule has 0 saturated heterocycles. The normalized spacial score (nSPS) is 15.5. The van der Waals surface area contributed by atoms with Crippen molar-refractivity contribution < 1.29 is 28.5 Å². The van der Waals surface area contributed by atoms with Gasteiger partial charge in [0.2, 0.25) is 5.88 Å². The lowest BCUT2D eigenvalue weighted by Crippen LogP contribution is -2.39. The lowest BCUT2D eigenvalue weighted by Gasteiger charge is -2.37. The zero-order valence-corrected chi connectivity index (χ0v) is 22.8. The molecule has 3 heterocycles. The number of aliphatic hydroxyl groups is 2. The molecule has 3 aromatic rings. The predicted octanol–water partition coefficient (Wildman–Crippen LogP) is 7.26. The van der Waals surface area contributed by atoms with Crippen molar-refractivity contribution in [2.24, 2.45) is 7.05 Å². The molecule has 0 radical (unpaired) electrons. The fraction of sp³-hybridized carbons (Fsp3) is 0.357. The second kappa shape index (κ2) is 9.75. The lowest BCUT2D eigenvalue weighted by atomic mass is 9.91. The van der Waals surface area contributed by atoms with Crippen LogP contribution in [0.25, 0.3) is 16.9 Å². The molecule has 206 valence electrons. The van der Waals surface area contributed by atoms with E-state index in [1.807, 2.05) is 4.90 Å². The first-order valence-electron chi connectivity index (χ1n) is 12.5. The zero-order valence-electron chi connectivity index (χ0n) is 22.0.